The maximum Gasteiger partial charge on any atom is 0.184 e. The Balaban J connectivity index is 2.99. The molecular weight excluding hydrogens is 242 g/mol. The van der Waals surface area contributed by atoms with E-state index in [0.29, 0.717) is 11.8 Å². The molecule has 0 radical (unpaired) electrons. The predicted octanol–water partition coefficient (Wildman–Crippen LogP) is 3.00. The standard InChI is InChI=1S/C14H21N3S/c1-9(2)11-5-7-12(8-6-11)13(10(3)4)16-17-14(15)18/h5-10H,1-4H3,(H3,15,17,18)/b16-13+. The Morgan fingerprint density at radius 3 is 2.11 bits per heavy atom. The van der Waals surface area contributed by atoms with Crippen molar-refractivity contribution < 1.29 is 0 Å². The van der Waals surface area contributed by atoms with Crippen LogP contribution >= 0.6 is 12.2 Å². The number of hydrogen-bond donors (Lipinski definition) is 2. The molecule has 1 aromatic carbocycles. The summed E-state index contributed by atoms with van der Waals surface area (Å²) in [4.78, 5) is 0. The highest BCUT2D eigenvalue weighted by Crippen LogP contribution is 2.17. The average molecular weight is 263 g/mol. The van der Waals surface area contributed by atoms with Crippen LogP contribution in [0.4, 0.5) is 0 Å². The third kappa shape index (κ3) is 4.11. The number of nitrogens with zero attached hydrogens (tertiary/aromatic N) is 1. The summed E-state index contributed by atoms with van der Waals surface area (Å²) in [7, 11) is 0. The van der Waals surface area contributed by atoms with Gasteiger partial charge in [-0.25, -0.2) is 0 Å². The summed E-state index contributed by atoms with van der Waals surface area (Å²) in [5.41, 5.74) is 11.4. The molecule has 3 N–H and O–H groups in total. The van der Waals surface area contributed by atoms with E-state index in [1.807, 2.05) is 0 Å². The van der Waals surface area contributed by atoms with Gasteiger partial charge in [0.15, 0.2) is 5.11 Å². The first-order chi connectivity index (χ1) is 8.41. The molecule has 0 heterocycles. The third-order valence-corrected chi connectivity index (χ3v) is 2.80. The minimum absolute atomic E-state index is 0.187. The first kappa shape index (κ1) is 14.6. The number of benzene rings is 1. The second kappa shape index (κ2) is 6.50. The fraction of sp³-hybridized carbons (Fsp3) is 0.429. The van der Waals surface area contributed by atoms with Crippen molar-refractivity contribution in [2.45, 2.75) is 33.6 Å². The van der Waals surface area contributed by atoms with Gasteiger partial charge >= 0.3 is 0 Å². The zero-order valence-electron chi connectivity index (χ0n) is 11.4. The van der Waals surface area contributed by atoms with Gasteiger partial charge in [0.1, 0.15) is 0 Å². The minimum atomic E-state index is 0.187. The zero-order chi connectivity index (χ0) is 13.7. The van der Waals surface area contributed by atoms with Crippen molar-refractivity contribution in [1.82, 2.24) is 5.43 Å². The highest BCUT2D eigenvalue weighted by atomic mass is 32.1. The Morgan fingerprint density at radius 1 is 1.17 bits per heavy atom. The lowest BCUT2D eigenvalue weighted by atomic mass is 9.96. The molecule has 0 aliphatic carbocycles. The number of hydrazone groups is 1. The number of nitrogens with two attached hydrogens (primary N) is 1. The van der Waals surface area contributed by atoms with E-state index in [9.17, 15) is 0 Å². The molecule has 4 heteroatoms. The lowest BCUT2D eigenvalue weighted by Gasteiger charge is -2.12. The van der Waals surface area contributed by atoms with Crippen molar-refractivity contribution in [3.63, 3.8) is 0 Å². The van der Waals surface area contributed by atoms with Crippen molar-refractivity contribution in [3.8, 4) is 0 Å². The van der Waals surface area contributed by atoms with Gasteiger partial charge in [-0.15, -0.1) is 0 Å². The SMILES string of the molecule is CC(C)/C(=N\NC(N)=S)c1ccc(C(C)C)cc1. The normalized spacial score (nSPS) is 12.0. The van der Waals surface area contributed by atoms with E-state index in [-0.39, 0.29) is 5.11 Å². The van der Waals surface area contributed by atoms with Crippen LogP contribution in [0.25, 0.3) is 0 Å². The van der Waals surface area contributed by atoms with Gasteiger partial charge in [0, 0.05) is 0 Å². The smallest absolute Gasteiger partial charge is 0.184 e. The highest BCUT2D eigenvalue weighted by molar-refractivity contribution is 7.80. The number of nitrogens with one attached hydrogen (secondary N) is 1. The molecule has 18 heavy (non-hydrogen) atoms. The number of thiocarbonyl (C=S) groups is 1. The largest absolute Gasteiger partial charge is 0.375 e. The van der Waals surface area contributed by atoms with Gasteiger partial charge in [-0.3, -0.25) is 5.43 Å². The van der Waals surface area contributed by atoms with Crippen LogP contribution in [-0.2, 0) is 0 Å². The summed E-state index contributed by atoms with van der Waals surface area (Å²) >= 11 is 4.77. The lowest BCUT2D eigenvalue weighted by Crippen LogP contribution is -2.26. The fourth-order valence-corrected chi connectivity index (χ4v) is 1.73. The molecule has 1 rings (SSSR count). The van der Waals surface area contributed by atoms with Gasteiger partial charge in [0.05, 0.1) is 5.71 Å². The Morgan fingerprint density at radius 2 is 1.72 bits per heavy atom. The van der Waals surface area contributed by atoms with E-state index in [0.717, 1.165) is 11.3 Å². The Kier molecular flexibility index (Phi) is 5.28. The minimum Gasteiger partial charge on any atom is -0.375 e. The lowest BCUT2D eigenvalue weighted by molar-refractivity contribution is 0.855. The van der Waals surface area contributed by atoms with Crippen molar-refractivity contribution in [1.29, 1.82) is 0 Å². The molecular formula is C14H21N3S. The van der Waals surface area contributed by atoms with Crippen LogP contribution < -0.4 is 11.2 Å². The first-order valence-corrected chi connectivity index (χ1v) is 6.56. The summed E-state index contributed by atoms with van der Waals surface area (Å²) in [6, 6.07) is 8.46. The third-order valence-electron chi connectivity index (χ3n) is 2.71. The van der Waals surface area contributed by atoms with Gasteiger partial charge in [0.25, 0.3) is 0 Å². The van der Waals surface area contributed by atoms with Crippen molar-refractivity contribution in [2.75, 3.05) is 0 Å². The Hall–Kier alpha value is -1.42. The topological polar surface area (TPSA) is 50.4 Å². The second-order valence-corrected chi connectivity index (χ2v) is 5.34. The van der Waals surface area contributed by atoms with E-state index < -0.39 is 0 Å². The van der Waals surface area contributed by atoms with Crippen LogP contribution in [0.15, 0.2) is 29.4 Å². The molecule has 0 unspecified atom stereocenters. The van der Waals surface area contributed by atoms with Gasteiger partial charge in [-0.2, -0.15) is 5.10 Å². The molecule has 3 nitrogen and oxygen atoms in total. The van der Waals surface area contributed by atoms with Crippen LogP contribution in [-0.4, -0.2) is 10.8 Å². The molecule has 1 aromatic rings. The van der Waals surface area contributed by atoms with E-state index in [4.69, 9.17) is 18.0 Å². The van der Waals surface area contributed by atoms with E-state index in [1.54, 1.807) is 0 Å². The molecule has 0 spiro atoms. The number of rotatable bonds is 4. The molecule has 0 aliphatic rings. The van der Waals surface area contributed by atoms with Crippen LogP contribution in [0.1, 0.15) is 44.7 Å². The van der Waals surface area contributed by atoms with Gasteiger partial charge in [-0.1, -0.05) is 52.0 Å². The molecule has 0 amide bonds. The molecule has 0 saturated heterocycles. The summed E-state index contributed by atoms with van der Waals surface area (Å²) in [6.07, 6.45) is 0. The average Bonchev–Trinajstić information content (AvgIpc) is 2.29. The first-order valence-electron chi connectivity index (χ1n) is 6.15. The van der Waals surface area contributed by atoms with Crippen LogP contribution in [0.3, 0.4) is 0 Å². The summed E-state index contributed by atoms with van der Waals surface area (Å²) in [5.74, 6) is 0.838. The molecule has 0 atom stereocenters. The van der Waals surface area contributed by atoms with E-state index >= 15 is 0 Å². The zero-order valence-corrected chi connectivity index (χ0v) is 12.2. The van der Waals surface area contributed by atoms with Crippen molar-refractivity contribution >= 4 is 23.0 Å². The van der Waals surface area contributed by atoms with Crippen molar-refractivity contribution in [3.05, 3.63) is 35.4 Å². The van der Waals surface area contributed by atoms with E-state index in [2.05, 4.69) is 62.5 Å². The Labute approximate surface area is 114 Å². The quantitative estimate of drug-likeness (QED) is 0.499. The fourth-order valence-electron chi connectivity index (χ4n) is 1.68. The van der Waals surface area contributed by atoms with Gasteiger partial charge in [-0.05, 0) is 35.2 Å². The van der Waals surface area contributed by atoms with E-state index in [1.165, 1.54) is 5.56 Å². The summed E-state index contributed by atoms with van der Waals surface area (Å²) in [5, 5.41) is 4.45. The monoisotopic (exact) mass is 263 g/mol. The van der Waals surface area contributed by atoms with Gasteiger partial charge < -0.3 is 5.73 Å². The summed E-state index contributed by atoms with van der Waals surface area (Å²) in [6.45, 7) is 8.55. The molecule has 0 saturated carbocycles. The summed E-state index contributed by atoms with van der Waals surface area (Å²) < 4.78 is 0. The van der Waals surface area contributed by atoms with Crippen molar-refractivity contribution in [2.24, 2.45) is 16.8 Å². The van der Waals surface area contributed by atoms with Crippen LogP contribution in [0.2, 0.25) is 0 Å². The molecule has 98 valence electrons. The molecule has 0 aromatic heterocycles. The van der Waals surface area contributed by atoms with Gasteiger partial charge in [0.2, 0.25) is 0 Å². The molecule has 0 fully saturated rings. The Bertz CT molecular complexity index is 433. The molecule has 0 bridgehead atoms. The highest BCUT2D eigenvalue weighted by Gasteiger charge is 2.09. The maximum absolute atomic E-state index is 5.40. The maximum atomic E-state index is 5.40. The van der Waals surface area contributed by atoms with Crippen LogP contribution in [0, 0.1) is 5.92 Å². The second-order valence-electron chi connectivity index (χ2n) is 4.90. The predicted molar refractivity (Wildman–Crippen MR) is 81.8 cm³/mol. The number of hydrogen-bond acceptors (Lipinski definition) is 2. The van der Waals surface area contributed by atoms with Crippen LogP contribution in [0.5, 0.6) is 0 Å². The molecule has 0 aliphatic heterocycles.